The van der Waals surface area contributed by atoms with E-state index in [-0.39, 0.29) is 11.1 Å². The van der Waals surface area contributed by atoms with E-state index >= 15 is 0 Å². The summed E-state index contributed by atoms with van der Waals surface area (Å²) in [5.74, 6) is -0.161. The first-order valence-electron chi connectivity index (χ1n) is 8.71. The van der Waals surface area contributed by atoms with Crippen molar-refractivity contribution >= 4 is 34.7 Å². The second kappa shape index (κ2) is 7.43. The third-order valence-corrected chi connectivity index (χ3v) is 5.49. The van der Waals surface area contributed by atoms with Crippen molar-refractivity contribution in [2.75, 3.05) is 24.5 Å². The van der Waals surface area contributed by atoms with Crippen molar-refractivity contribution in [2.24, 2.45) is 0 Å². The summed E-state index contributed by atoms with van der Waals surface area (Å²) in [5.41, 5.74) is 3.40. The number of aryl methyl sites for hydroxylation is 1. The van der Waals surface area contributed by atoms with Crippen LogP contribution in [-0.4, -0.2) is 35.7 Å². The first kappa shape index (κ1) is 17.1. The summed E-state index contributed by atoms with van der Waals surface area (Å²) in [5, 5.41) is -0.157. The van der Waals surface area contributed by atoms with E-state index in [0.717, 1.165) is 42.4 Å². The molecular formula is C19H24N2O2S. The normalized spacial score (nSPS) is 20.3. The molecule has 24 heavy (non-hydrogen) atoms. The molecule has 0 bridgehead atoms. The van der Waals surface area contributed by atoms with Crippen molar-refractivity contribution in [3.05, 3.63) is 34.2 Å². The molecule has 0 N–H and O–H groups in total. The highest BCUT2D eigenvalue weighted by molar-refractivity contribution is 8.18. The van der Waals surface area contributed by atoms with Crippen LogP contribution in [0.2, 0.25) is 0 Å². The largest absolute Gasteiger partial charge is 0.372 e. The number of anilines is 1. The molecule has 5 heteroatoms. The van der Waals surface area contributed by atoms with Gasteiger partial charge in [0.05, 0.1) is 4.91 Å². The summed E-state index contributed by atoms with van der Waals surface area (Å²) in [6, 6.07) is 6.38. The van der Waals surface area contributed by atoms with E-state index in [1.54, 1.807) is 0 Å². The van der Waals surface area contributed by atoms with Crippen LogP contribution in [0.5, 0.6) is 0 Å². The Balaban J connectivity index is 1.80. The van der Waals surface area contributed by atoms with Gasteiger partial charge in [0.1, 0.15) is 0 Å². The smallest absolute Gasteiger partial charge is 0.293 e. The molecule has 0 aromatic heterocycles. The van der Waals surface area contributed by atoms with Crippen molar-refractivity contribution in [3.63, 3.8) is 0 Å². The van der Waals surface area contributed by atoms with Crippen molar-refractivity contribution in [1.82, 2.24) is 4.90 Å². The number of carbonyl (C=O) groups is 2. The highest BCUT2D eigenvalue weighted by atomic mass is 32.2. The van der Waals surface area contributed by atoms with Crippen molar-refractivity contribution in [1.29, 1.82) is 0 Å². The average Bonchev–Trinajstić information content (AvgIpc) is 2.85. The number of piperidine rings is 1. The van der Waals surface area contributed by atoms with Gasteiger partial charge in [0.25, 0.3) is 11.1 Å². The predicted octanol–water partition coefficient (Wildman–Crippen LogP) is 4.43. The number of nitrogens with zero attached hydrogens (tertiary/aromatic N) is 2. The van der Waals surface area contributed by atoms with Crippen LogP contribution in [0.25, 0.3) is 6.08 Å². The van der Waals surface area contributed by atoms with Crippen LogP contribution < -0.4 is 4.90 Å². The summed E-state index contributed by atoms with van der Waals surface area (Å²) in [6.45, 7) is 6.77. The van der Waals surface area contributed by atoms with E-state index in [0.29, 0.717) is 11.4 Å². The van der Waals surface area contributed by atoms with Crippen LogP contribution in [0.15, 0.2) is 23.1 Å². The van der Waals surface area contributed by atoms with Gasteiger partial charge in [-0.3, -0.25) is 14.5 Å². The van der Waals surface area contributed by atoms with Gasteiger partial charge in [0, 0.05) is 25.3 Å². The molecule has 0 aliphatic carbocycles. The van der Waals surface area contributed by atoms with E-state index in [2.05, 4.69) is 30.0 Å². The van der Waals surface area contributed by atoms with Crippen LogP contribution in [0.1, 0.15) is 43.7 Å². The van der Waals surface area contributed by atoms with Crippen LogP contribution in [0, 0.1) is 6.92 Å². The first-order valence-corrected chi connectivity index (χ1v) is 9.52. The van der Waals surface area contributed by atoms with Crippen LogP contribution in [0.3, 0.4) is 0 Å². The summed E-state index contributed by atoms with van der Waals surface area (Å²) in [4.78, 5) is 28.6. The van der Waals surface area contributed by atoms with Crippen LogP contribution in [0.4, 0.5) is 10.5 Å². The summed E-state index contributed by atoms with van der Waals surface area (Å²) in [7, 11) is 0. The highest BCUT2D eigenvalue weighted by Crippen LogP contribution is 2.33. The number of hydrogen-bond acceptors (Lipinski definition) is 4. The van der Waals surface area contributed by atoms with Crippen molar-refractivity contribution < 1.29 is 9.59 Å². The van der Waals surface area contributed by atoms with E-state index in [4.69, 9.17) is 0 Å². The van der Waals surface area contributed by atoms with E-state index in [1.165, 1.54) is 29.8 Å². The summed E-state index contributed by atoms with van der Waals surface area (Å²) < 4.78 is 0. The van der Waals surface area contributed by atoms with Gasteiger partial charge < -0.3 is 4.90 Å². The Kier molecular flexibility index (Phi) is 5.29. The Morgan fingerprint density at radius 2 is 1.92 bits per heavy atom. The van der Waals surface area contributed by atoms with Gasteiger partial charge in [0.15, 0.2) is 0 Å². The number of benzene rings is 1. The third-order valence-electron chi connectivity index (χ3n) is 4.58. The van der Waals surface area contributed by atoms with Gasteiger partial charge in [-0.15, -0.1) is 0 Å². The number of hydrogen-bond donors (Lipinski definition) is 0. The predicted molar refractivity (Wildman–Crippen MR) is 100 cm³/mol. The molecule has 2 fully saturated rings. The summed E-state index contributed by atoms with van der Waals surface area (Å²) >= 11 is 1.05. The van der Waals surface area contributed by atoms with Gasteiger partial charge in [-0.2, -0.15) is 0 Å². The first-order chi connectivity index (χ1) is 11.6. The second-order valence-electron chi connectivity index (χ2n) is 6.42. The van der Waals surface area contributed by atoms with E-state index < -0.39 is 0 Å². The molecule has 0 radical (unpaired) electrons. The standard InChI is InChI=1S/C19H24N2O2S/c1-3-9-21-18(22)17(24-19(21)23)13-15-7-8-16(12-14(15)2)20-10-5-4-6-11-20/h7-8,12-13H,3-6,9-11H2,1-2H3/b17-13+. The topological polar surface area (TPSA) is 40.6 Å². The lowest BCUT2D eigenvalue weighted by molar-refractivity contribution is -0.122. The molecule has 2 heterocycles. The fraction of sp³-hybridized carbons (Fsp3) is 0.474. The Morgan fingerprint density at radius 3 is 2.58 bits per heavy atom. The van der Waals surface area contributed by atoms with E-state index in [9.17, 15) is 9.59 Å². The van der Waals surface area contributed by atoms with Gasteiger partial charge in [-0.1, -0.05) is 13.0 Å². The average molecular weight is 344 g/mol. The second-order valence-corrected chi connectivity index (χ2v) is 7.42. The van der Waals surface area contributed by atoms with Gasteiger partial charge in [0.2, 0.25) is 0 Å². The summed E-state index contributed by atoms with van der Waals surface area (Å²) in [6.07, 6.45) is 6.47. The number of rotatable bonds is 4. The Labute approximate surface area is 147 Å². The maximum Gasteiger partial charge on any atom is 0.293 e. The number of carbonyl (C=O) groups excluding carboxylic acids is 2. The maximum atomic E-state index is 12.3. The zero-order chi connectivity index (χ0) is 17.1. The molecule has 2 aliphatic heterocycles. The molecule has 3 rings (SSSR count). The quantitative estimate of drug-likeness (QED) is 0.758. The molecule has 2 saturated heterocycles. The van der Waals surface area contributed by atoms with Gasteiger partial charge in [-0.25, -0.2) is 0 Å². The van der Waals surface area contributed by atoms with Crippen molar-refractivity contribution in [2.45, 2.75) is 39.5 Å². The minimum Gasteiger partial charge on any atom is -0.372 e. The lowest BCUT2D eigenvalue weighted by Gasteiger charge is -2.29. The maximum absolute atomic E-state index is 12.3. The highest BCUT2D eigenvalue weighted by Gasteiger charge is 2.34. The minimum absolute atomic E-state index is 0.157. The van der Waals surface area contributed by atoms with E-state index in [1.807, 2.05) is 13.0 Å². The molecule has 1 aromatic rings. The number of imide groups is 1. The zero-order valence-corrected chi connectivity index (χ0v) is 15.2. The molecule has 1 aromatic carbocycles. The Bertz CT molecular complexity index is 678. The Morgan fingerprint density at radius 1 is 1.17 bits per heavy atom. The van der Waals surface area contributed by atoms with Gasteiger partial charge in [-0.05, 0) is 73.7 Å². The van der Waals surface area contributed by atoms with Gasteiger partial charge >= 0.3 is 0 Å². The SMILES string of the molecule is CCCN1C(=O)S/C(=C/c2ccc(N3CCCCC3)cc2C)C1=O. The zero-order valence-electron chi connectivity index (χ0n) is 14.4. The molecule has 0 unspecified atom stereocenters. The monoisotopic (exact) mass is 344 g/mol. The third kappa shape index (κ3) is 3.51. The molecule has 0 saturated carbocycles. The Hall–Kier alpha value is -1.75. The number of thioether (sulfide) groups is 1. The molecular weight excluding hydrogens is 320 g/mol. The number of amides is 2. The fourth-order valence-electron chi connectivity index (χ4n) is 3.23. The minimum atomic E-state index is -0.161. The molecule has 2 amide bonds. The molecule has 128 valence electrons. The molecule has 0 spiro atoms. The fourth-order valence-corrected chi connectivity index (χ4v) is 4.08. The molecule has 2 aliphatic rings. The molecule has 4 nitrogen and oxygen atoms in total. The van der Waals surface area contributed by atoms with Crippen LogP contribution >= 0.6 is 11.8 Å². The lowest BCUT2D eigenvalue weighted by atomic mass is 10.0. The molecule has 0 atom stereocenters. The van der Waals surface area contributed by atoms with Crippen molar-refractivity contribution in [3.8, 4) is 0 Å². The van der Waals surface area contributed by atoms with Crippen LogP contribution in [-0.2, 0) is 4.79 Å². The lowest BCUT2D eigenvalue weighted by Crippen LogP contribution is -2.29.